The molecule has 0 saturated heterocycles. The van der Waals surface area contributed by atoms with E-state index < -0.39 is 6.09 Å². The zero-order chi connectivity index (χ0) is 26.0. The number of carboxylic acid groups (broad SMARTS) is 1. The molecule has 1 amide bonds. The molecule has 7 heteroatoms. The molecule has 1 unspecified atom stereocenters. The number of aryl methyl sites for hydroxylation is 1. The Hall–Kier alpha value is -4.26. The van der Waals surface area contributed by atoms with Crippen molar-refractivity contribution in [3.8, 4) is 23.0 Å². The van der Waals surface area contributed by atoms with Crippen LogP contribution in [0.15, 0.2) is 60.8 Å². The number of hydrogen-bond donors (Lipinski definition) is 1. The van der Waals surface area contributed by atoms with Crippen LogP contribution in [0.4, 0.5) is 10.5 Å². The lowest BCUT2D eigenvalue weighted by molar-refractivity contribution is 0.199. The van der Waals surface area contributed by atoms with Crippen LogP contribution >= 0.6 is 0 Å². The molecule has 0 aliphatic heterocycles. The largest absolute Gasteiger partial charge is 0.493 e. The van der Waals surface area contributed by atoms with E-state index in [4.69, 9.17) is 14.2 Å². The maximum absolute atomic E-state index is 12.3. The normalized spacial score (nSPS) is 11.7. The summed E-state index contributed by atoms with van der Waals surface area (Å²) in [7, 11) is 3.16. The Labute approximate surface area is 210 Å². The molecule has 0 aliphatic rings. The predicted octanol–water partition coefficient (Wildman–Crippen LogP) is 7.22. The summed E-state index contributed by atoms with van der Waals surface area (Å²) in [5, 5.41) is 10.9. The number of fused-ring (bicyclic) bond motifs is 1. The van der Waals surface area contributed by atoms with Crippen molar-refractivity contribution in [3.05, 3.63) is 83.0 Å². The minimum atomic E-state index is -1.01. The van der Waals surface area contributed by atoms with Gasteiger partial charge in [0.25, 0.3) is 0 Å². The molecule has 4 rings (SSSR count). The topological polar surface area (TPSA) is 81.1 Å². The monoisotopic (exact) mass is 486 g/mol. The van der Waals surface area contributed by atoms with Crippen LogP contribution in [0.3, 0.4) is 0 Å². The number of benzene rings is 3. The fourth-order valence-electron chi connectivity index (χ4n) is 4.28. The van der Waals surface area contributed by atoms with Gasteiger partial charge in [-0.05, 0) is 68.7 Å². The number of carbonyl (C=O) groups is 1. The van der Waals surface area contributed by atoms with Crippen LogP contribution in [-0.4, -0.2) is 30.4 Å². The fourth-order valence-corrected chi connectivity index (χ4v) is 4.28. The van der Waals surface area contributed by atoms with E-state index in [1.54, 1.807) is 38.6 Å². The van der Waals surface area contributed by atoms with Gasteiger partial charge >= 0.3 is 6.09 Å². The average Bonchev–Trinajstić information content (AvgIpc) is 2.87. The van der Waals surface area contributed by atoms with Crippen LogP contribution in [0.25, 0.3) is 10.9 Å². The second kappa shape index (κ2) is 10.2. The molecule has 1 N–H and O–H groups in total. The minimum absolute atomic E-state index is 0.362. The SMILES string of the molecule is COc1cc2nccc(Oc3ccc(N(C(=O)O)C(C)c4ccc(C)cc4)c(C)c3C)c2cc1OC. The Morgan fingerprint density at radius 1 is 0.861 bits per heavy atom. The summed E-state index contributed by atoms with van der Waals surface area (Å²) >= 11 is 0. The standard InChI is InChI=1S/C29H30N2O5/c1-17-7-9-21(10-8-17)20(4)31(29(32)33)24-11-12-25(19(3)18(24)2)36-26-13-14-30-23-16-28(35-6)27(34-5)15-22(23)26/h7-16,20H,1-6H3,(H,32,33). The van der Waals surface area contributed by atoms with Crippen molar-refractivity contribution in [1.82, 2.24) is 4.98 Å². The van der Waals surface area contributed by atoms with Gasteiger partial charge in [-0.3, -0.25) is 9.88 Å². The number of rotatable bonds is 7. The van der Waals surface area contributed by atoms with E-state index in [1.165, 1.54) is 4.90 Å². The molecule has 0 bridgehead atoms. The van der Waals surface area contributed by atoms with Gasteiger partial charge in [-0.1, -0.05) is 29.8 Å². The second-order valence-corrected chi connectivity index (χ2v) is 8.71. The van der Waals surface area contributed by atoms with Gasteiger partial charge in [0, 0.05) is 17.6 Å². The van der Waals surface area contributed by atoms with Gasteiger partial charge in [0.05, 0.1) is 31.5 Å². The van der Waals surface area contributed by atoms with Crippen molar-refractivity contribution < 1.29 is 24.1 Å². The molecule has 1 aromatic heterocycles. The van der Waals surface area contributed by atoms with Gasteiger partial charge < -0.3 is 19.3 Å². The van der Waals surface area contributed by atoms with E-state index in [0.717, 1.165) is 27.6 Å². The Kier molecular flexibility index (Phi) is 7.01. The van der Waals surface area contributed by atoms with Crippen molar-refractivity contribution in [3.63, 3.8) is 0 Å². The highest BCUT2D eigenvalue weighted by Crippen LogP contribution is 2.40. The summed E-state index contributed by atoms with van der Waals surface area (Å²) in [4.78, 5) is 18.2. The minimum Gasteiger partial charge on any atom is -0.493 e. The van der Waals surface area contributed by atoms with Crippen LogP contribution in [0.2, 0.25) is 0 Å². The molecule has 36 heavy (non-hydrogen) atoms. The van der Waals surface area contributed by atoms with Crippen molar-refractivity contribution in [2.24, 2.45) is 0 Å². The van der Waals surface area contributed by atoms with E-state index in [-0.39, 0.29) is 6.04 Å². The molecule has 186 valence electrons. The molecule has 1 atom stereocenters. The van der Waals surface area contributed by atoms with Crippen LogP contribution in [0, 0.1) is 20.8 Å². The number of pyridine rings is 1. The Morgan fingerprint density at radius 2 is 1.53 bits per heavy atom. The van der Waals surface area contributed by atoms with Crippen molar-refractivity contribution in [2.45, 2.75) is 33.7 Å². The zero-order valence-electron chi connectivity index (χ0n) is 21.3. The number of aromatic nitrogens is 1. The lowest BCUT2D eigenvalue weighted by Crippen LogP contribution is -2.32. The van der Waals surface area contributed by atoms with Gasteiger partial charge in [-0.2, -0.15) is 0 Å². The summed E-state index contributed by atoms with van der Waals surface area (Å²) in [5.41, 5.74) is 5.05. The first-order chi connectivity index (χ1) is 17.2. The molecule has 7 nitrogen and oxygen atoms in total. The van der Waals surface area contributed by atoms with Crippen LogP contribution in [-0.2, 0) is 0 Å². The molecule has 1 heterocycles. The first-order valence-corrected chi connectivity index (χ1v) is 11.6. The molecular weight excluding hydrogens is 456 g/mol. The first kappa shape index (κ1) is 24.9. The van der Waals surface area contributed by atoms with Crippen molar-refractivity contribution in [1.29, 1.82) is 0 Å². The number of amides is 1. The predicted molar refractivity (Wildman–Crippen MR) is 141 cm³/mol. The van der Waals surface area contributed by atoms with Crippen molar-refractivity contribution >= 4 is 22.7 Å². The highest BCUT2D eigenvalue weighted by molar-refractivity contribution is 5.90. The molecular formula is C29H30N2O5. The van der Waals surface area contributed by atoms with Gasteiger partial charge in [-0.15, -0.1) is 0 Å². The highest BCUT2D eigenvalue weighted by Gasteiger charge is 2.26. The number of methoxy groups -OCH3 is 2. The molecule has 3 aromatic carbocycles. The molecule has 4 aromatic rings. The maximum Gasteiger partial charge on any atom is 0.412 e. The summed E-state index contributed by atoms with van der Waals surface area (Å²) in [5.74, 6) is 2.40. The lowest BCUT2D eigenvalue weighted by atomic mass is 10.0. The van der Waals surface area contributed by atoms with Crippen LogP contribution in [0.5, 0.6) is 23.0 Å². The van der Waals surface area contributed by atoms with E-state index in [9.17, 15) is 9.90 Å². The molecule has 0 spiro atoms. The Balaban J connectivity index is 1.72. The summed E-state index contributed by atoms with van der Waals surface area (Å²) in [6.45, 7) is 7.74. The van der Waals surface area contributed by atoms with E-state index >= 15 is 0 Å². The number of hydrogen-bond acceptors (Lipinski definition) is 5. The van der Waals surface area contributed by atoms with Gasteiger partial charge in [0.15, 0.2) is 11.5 Å². The third-order valence-electron chi connectivity index (χ3n) is 6.55. The Bertz CT molecular complexity index is 1420. The second-order valence-electron chi connectivity index (χ2n) is 8.71. The quantitative estimate of drug-likeness (QED) is 0.297. The fraction of sp³-hybridized carbons (Fsp3) is 0.241. The molecule has 0 aliphatic carbocycles. The molecule has 0 radical (unpaired) electrons. The van der Waals surface area contributed by atoms with Crippen molar-refractivity contribution in [2.75, 3.05) is 19.1 Å². The molecule has 0 saturated carbocycles. The summed E-state index contributed by atoms with van der Waals surface area (Å²) in [6, 6.07) is 16.6. The average molecular weight is 487 g/mol. The van der Waals surface area contributed by atoms with E-state index in [1.807, 2.05) is 64.1 Å². The maximum atomic E-state index is 12.3. The highest BCUT2D eigenvalue weighted by atomic mass is 16.5. The first-order valence-electron chi connectivity index (χ1n) is 11.6. The zero-order valence-corrected chi connectivity index (χ0v) is 21.3. The van der Waals surface area contributed by atoms with Gasteiger partial charge in [0.2, 0.25) is 0 Å². The smallest absolute Gasteiger partial charge is 0.412 e. The summed E-state index contributed by atoms with van der Waals surface area (Å²) < 4.78 is 17.2. The number of ether oxygens (including phenoxy) is 3. The number of anilines is 1. The number of nitrogens with zero attached hydrogens (tertiary/aromatic N) is 2. The molecule has 0 fully saturated rings. The van der Waals surface area contributed by atoms with E-state index in [2.05, 4.69) is 4.98 Å². The lowest BCUT2D eigenvalue weighted by Gasteiger charge is -2.29. The van der Waals surface area contributed by atoms with Gasteiger partial charge in [-0.25, -0.2) is 4.79 Å². The third kappa shape index (κ3) is 4.64. The van der Waals surface area contributed by atoms with E-state index in [0.29, 0.717) is 34.2 Å². The van der Waals surface area contributed by atoms with Crippen LogP contribution < -0.4 is 19.1 Å². The summed E-state index contributed by atoms with van der Waals surface area (Å²) in [6.07, 6.45) is 0.663. The Morgan fingerprint density at radius 3 is 2.17 bits per heavy atom. The van der Waals surface area contributed by atoms with Crippen LogP contribution in [0.1, 0.15) is 35.2 Å². The third-order valence-corrected chi connectivity index (χ3v) is 6.55. The van der Waals surface area contributed by atoms with Gasteiger partial charge in [0.1, 0.15) is 11.5 Å².